The molecule has 1 aliphatic rings. The molecule has 1 saturated heterocycles. The van der Waals surface area contributed by atoms with Gasteiger partial charge in [0.05, 0.1) is 12.0 Å². The van der Waals surface area contributed by atoms with Gasteiger partial charge in [0, 0.05) is 60.6 Å². The minimum Gasteiger partial charge on any atom is -0.496 e. The van der Waals surface area contributed by atoms with Gasteiger partial charge in [0.25, 0.3) is 5.91 Å². The number of nitrogens with zero attached hydrogens (tertiary/aromatic N) is 3. The van der Waals surface area contributed by atoms with Crippen LogP contribution in [-0.2, 0) is 0 Å². The monoisotopic (exact) mass is 432 g/mol. The molecular weight excluding hydrogens is 408 g/mol. The van der Waals surface area contributed by atoms with Gasteiger partial charge >= 0.3 is 0 Å². The van der Waals surface area contributed by atoms with E-state index in [0.717, 1.165) is 70.1 Å². The van der Waals surface area contributed by atoms with Gasteiger partial charge in [0.2, 0.25) is 0 Å². The molecule has 0 radical (unpaired) electrons. The van der Waals surface area contributed by atoms with E-state index in [4.69, 9.17) is 4.74 Å². The maximum Gasteiger partial charge on any atom is 0.264 e. The minimum atomic E-state index is 0.120. The van der Waals surface area contributed by atoms with Crippen LogP contribution < -0.4 is 4.74 Å². The molecule has 0 spiro atoms. The predicted molar refractivity (Wildman–Crippen MR) is 125 cm³/mol. The number of thiophene rings is 1. The molecule has 1 aromatic carbocycles. The van der Waals surface area contributed by atoms with Gasteiger partial charge in [-0.15, -0.1) is 11.3 Å². The fourth-order valence-electron chi connectivity index (χ4n) is 4.02. The van der Waals surface area contributed by atoms with Crippen molar-refractivity contribution in [2.75, 3.05) is 40.3 Å². The predicted octanol–water partition coefficient (Wildman–Crippen LogP) is 4.35. The van der Waals surface area contributed by atoms with Crippen molar-refractivity contribution in [3.8, 4) is 28.0 Å². The van der Waals surface area contributed by atoms with Crippen molar-refractivity contribution in [2.45, 2.75) is 0 Å². The summed E-state index contributed by atoms with van der Waals surface area (Å²) in [5, 5.41) is 3.07. The zero-order valence-corrected chi connectivity index (χ0v) is 18.4. The van der Waals surface area contributed by atoms with Crippen molar-refractivity contribution < 1.29 is 9.53 Å². The van der Waals surface area contributed by atoms with Gasteiger partial charge < -0.3 is 19.5 Å². The molecule has 158 valence electrons. The number of para-hydroxylation sites is 1. The summed E-state index contributed by atoms with van der Waals surface area (Å²) in [6.07, 6.45) is 3.83. The Morgan fingerprint density at radius 1 is 1.10 bits per heavy atom. The summed E-state index contributed by atoms with van der Waals surface area (Å²) < 4.78 is 5.55. The molecule has 1 amide bonds. The Morgan fingerprint density at radius 3 is 2.71 bits per heavy atom. The molecule has 0 atom stereocenters. The SMILES string of the molecule is COc1ccccc1-c1c[nH]c2ncc(-c3csc(C(=O)N4CCN(C)CC4)c3)cc12. The molecule has 0 bridgehead atoms. The van der Waals surface area contributed by atoms with E-state index in [1.165, 1.54) is 11.3 Å². The first-order chi connectivity index (χ1) is 15.1. The van der Waals surface area contributed by atoms with E-state index in [1.54, 1.807) is 7.11 Å². The van der Waals surface area contributed by atoms with E-state index in [-0.39, 0.29) is 5.91 Å². The second-order valence-electron chi connectivity index (χ2n) is 7.82. The number of benzene rings is 1. The van der Waals surface area contributed by atoms with Crippen molar-refractivity contribution in [3.05, 3.63) is 59.0 Å². The molecular formula is C24H24N4O2S. The second-order valence-corrected chi connectivity index (χ2v) is 8.73. The molecule has 1 N–H and O–H groups in total. The van der Waals surface area contributed by atoms with E-state index in [0.29, 0.717) is 0 Å². The Morgan fingerprint density at radius 2 is 1.90 bits per heavy atom. The summed E-state index contributed by atoms with van der Waals surface area (Å²) in [5.74, 6) is 0.944. The summed E-state index contributed by atoms with van der Waals surface area (Å²) in [7, 11) is 3.77. The third-order valence-corrected chi connectivity index (χ3v) is 6.78. The molecule has 1 fully saturated rings. The van der Waals surface area contributed by atoms with Crippen LogP contribution in [0.4, 0.5) is 0 Å². The average Bonchev–Trinajstić information content (AvgIpc) is 3.46. The minimum absolute atomic E-state index is 0.120. The number of likely N-dealkylation sites (N-methyl/N-ethyl adjacent to an activating group) is 1. The molecule has 0 unspecified atom stereocenters. The van der Waals surface area contributed by atoms with Crippen molar-refractivity contribution in [2.24, 2.45) is 0 Å². The number of methoxy groups -OCH3 is 1. The normalized spacial score (nSPS) is 14.8. The average molecular weight is 433 g/mol. The number of pyridine rings is 1. The highest BCUT2D eigenvalue weighted by Gasteiger charge is 2.22. The number of hydrogen-bond acceptors (Lipinski definition) is 5. The number of nitrogens with one attached hydrogen (secondary N) is 1. The molecule has 6 nitrogen and oxygen atoms in total. The first-order valence-corrected chi connectivity index (χ1v) is 11.2. The summed E-state index contributed by atoms with van der Waals surface area (Å²) in [4.78, 5) is 25.8. The second kappa shape index (κ2) is 8.17. The number of fused-ring (bicyclic) bond motifs is 1. The number of carbonyl (C=O) groups excluding carboxylic acids is 1. The van der Waals surface area contributed by atoms with Crippen molar-refractivity contribution in [1.29, 1.82) is 0 Å². The maximum absolute atomic E-state index is 12.9. The zero-order chi connectivity index (χ0) is 21.4. The lowest BCUT2D eigenvalue weighted by molar-refractivity contribution is 0.0669. The van der Waals surface area contributed by atoms with Crippen LogP contribution >= 0.6 is 11.3 Å². The Balaban J connectivity index is 1.47. The Bertz CT molecular complexity index is 1240. The van der Waals surface area contributed by atoms with Crippen molar-refractivity contribution >= 4 is 28.3 Å². The Labute approximate surface area is 185 Å². The summed E-state index contributed by atoms with van der Waals surface area (Å²) in [5.41, 5.74) is 4.91. The molecule has 7 heteroatoms. The van der Waals surface area contributed by atoms with Crippen molar-refractivity contribution in [1.82, 2.24) is 19.8 Å². The lowest BCUT2D eigenvalue weighted by atomic mass is 10.0. The highest BCUT2D eigenvalue weighted by Crippen LogP contribution is 2.36. The summed E-state index contributed by atoms with van der Waals surface area (Å²) in [6, 6.07) is 12.1. The lowest BCUT2D eigenvalue weighted by Gasteiger charge is -2.32. The van der Waals surface area contributed by atoms with Gasteiger partial charge in [0.1, 0.15) is 11.4 Å². The maximum atomic E-state index is 12.9. The van der Waals surface area contributed by atoms with E-state index in [1.807, 2.05) is 53.0 Å². The first-order valence-electron chi connectivity index (χ1n) is 10.3. The Hall–Kier alpha value is -3.16. The molecule has 0 aliphatic carbocycles. The van der Waals surface area contributed by atoms with Crippen LogP contribution in [0.3, 0.4) is 0 Å². The number of piperazine rings is 1. The molecule has 3 aromatic heterocycles. The number of aromatic nitrogens is 2. The quantitative estimate of drug-likeness (QED) is 0.521. The number of ether oxygens (including phenoxy) is 1. The number of carbonyl (C=O) groups is 1. The van der Waals surface area contributed by atoms with E-state index in [2.05, 4.69) is 28.0 Å². The van der Waals surface area contributed by atoms with Crippen LogP contribution in [0, 0.1) is 0 Å². The molecule has 0 saturated carbocycles. The molecule has 4 aromatic rings. The number of H-pyrrole nitrogens is 1. The number of amides is 1. The molecule has 5 rings (SSSR count). The van der Waals surface area contributed by atoms with Crippen LogP contribution in [0.2, 0.25) is 0 Å². The third-order valence-electron chi connectivity index (χ3n) is 5.86. The van der Waals surface area contributed by atoms with Gasteiger partial charge in [-0.3, -0.25) is 4.79 Å². The van der Waals surface area contributed by atoms with Crippen LogP contribution in [0.15, 0.2) is 54.2 Å². The molecule has 31 heavy (non-hydrogen) atoms. The Kier molecular flexibility index (Phi) is 5.21. The van der Waals surface area contributed by atoms with Gasteiger partial charge in [-0.25, -0.2) is 4.98 Å². The standard InChI is InChI=1S/C24H24N4O2S/c1-27-7-9-28(10-8-27)24(29)22-12-17(15-31-22)16-11-19-20(14-26-23(19)25-13-16)18-5-3-4-6-21(18)30-2/h3-6,11-15H,7-10H2,1-2H3,(H,25,26). The van der Waals surface area contributed by atoms with Crippen LogP contribution in [0.1, 0.15) is 9.67 Å². The molecule has 1 aliphatic heterocycles. The van der Waals surface area contributed by atoms with E-state index >= 15 is 0 Å². The third kappa shape index (κ3) is 3.71. The van der Waals surface area contributed by atoms with Gasteiger partial charge in [-0.05, 0) is 36.2 Å². The lowest BCUT2D eigenvalue weighted by Crippen LogP contribution is -2.46. The zero-order valence-electron chi connectivity index (χ0n) is 17.6. The largest absolute Gasteiger partial charge is 0.496 e. The van der Waals surface area contributed by atoms with Crippen LogP contribution in [0.25, 0.3) is 33.3 Å². The fraction of sp³-hybridized carbons (Fsp3) is 0.250. The fourth-order valence-corrected chi connectivity index (χ4v) is 4.90. The van der Waals surface area contributed by atoms with Crippen LogP contribution in [-0.4, -0.2) is 66.0 Å². The summed E-state index contributed by atoms with van der Waals surface area (Å²) >= 11 is 1.50. The van der Waals surface area contributed by atoms with Gasteiger partial charge in [-0.1, -0.05) is 18.2 Å². The van der Waals surface area contributed by atoms with Gasteiger partial charge in [0.15, 0.2) is 0 Å². The van der Waals surface area contributed by atoms with E-state index < -0.39 is 0 Å². The highest BCUT2D eigenvalue weighted by molar-refractivity contribution is 7.12. The number of aromatic amines is 1. The van der Waals surface area contributed by atoms with E-state index in [9.17, 15) is 4.79 Å². The topological polar surface area (TPSA) is 61.5 Å². The van der Waals surface area contributed by atoms with Crippen LogP contribution in [0.5, 0.6) is 5.75 Å². The summed E-state index contributed by atoms with van der Waals surface area (Å²) in [6.45, 7) is 3.40. The van der Waals surface area contributed by atoms with Gasteiger partial charge in [-0.2, -0.15) is 0 Å². The number of hydrogen-bond donors (Lipinski definition) is 1. The number of rotatable bonds is 4. The smallest absolute Gasteiger partial charge is 0.264 e. The molecule has 4 heterocycles. The van der Waals surface area contributed by atoms with Crippen molar-refractivity contribution in [3.63, 3.8) is 0 Å². The highest BCUT2D eigenvalue weighted by atomic mass is 32.1. The first kappa shape index (κ1) is 19.8.